The van der Waals surface area contributed by atoms with E-state index in [0.29, 0.717) is 27.7 Å². The fourth-order valence-electron chi connectivity index (χ4n) is 2.24. The molecule has 1 heterocycles. The number of pyridine rings is 1. The fraction of sp³-hybridized carbons (Fsp3) is 0. The van der Waals surface area contributed by atoms with Crippen molar-refractivity contribution in [3.8, 4) is 0 Å². The molecule has 0 radical (unpaired) electrons. The average molecular weight is 386 g/mol. The molecular formula is C19H13Cl2N3O2. The van der Waals surface area contributed by atoms with Gasteiger partial charge in [0.2, 0.25) is 0 Å². The number of nitrogens with zero attached hydrogens (tertiary/aromatic N) is 1. The maximum Gasteiger partial charge on any atom is 0.258 e. The SMILES string of the molecule is O=C(Nc1ccccc1C(=O)Nc1ccccn1)c1ccc(Cl)c(Cl)c1. The van der Waals surface area contributed by atoms with E-state index in [1.54, 1.807) is 60.8 Å². The molecule has 5 nitrogen and oxygen atoms in total. The van der Waals surface area contributed by atoms with Gasteiger partial charge in [-0.2, -0.15) is 0 Å². The minimum atomic E-state index is -0.401. The number of rotatable bonds is 4. The lowest BCUT2D eigenvalue weighted by Gasteiger charge is -2.11. The summed E-state index contributed by atoms with van der Waals surface area (Å²) in [5.41, 5.74) is 1.02. The molecule has 0 aliphatic carbocycles. The van der Waals surface area contributed by atoms with Gasteiger partial charge in [0.25, 0.3) is 11.8 Å². The fourth-order valence-corrected chi connectivity index (χ4v) is 2.54. The summed E-state index contributed by atoms with van der Waals surface area (Å²) in [6.45, 7) is 0. The Morgan fingerprint density at radius 3 is 2.31 bits per heavy atom. The summed E-state index contributed by atoms with van der Waals surface area (Å²) in [6.07, 6.45) is 1.58. The maximum atomic E-state index is 12.5. The Hall–Kier alpha value is -2.89. The largest absolute Gasteiger partial charge is 0.321 e. The van der Waals surface area contributed by atoms with Crippen LogP contribution in [-0.4, -0.2) is 16.8 Å². The van der Waals surface area contributed by atoms with Crippen molar-refractivity contribution in [1.29, 1.82) is 0 Å². The Bertz CT molecular complexity index is 962. The van der Waals surface area contributed by atoms with Gasteiger partial charge in [-0.1, -0.05) is 41.4 Å². The number of carbonyl (C=O) groups excluding carboxylic acids is 2. The third-order valence-corrected chi connectivity index (χ3v) is 4.25. The van der Waals surface area contributed by atoms with Gasteiger partial charge < -0.3 is 10.6 Å². The number of nitrogens with one attached hydrogen (secondary N) is 2. The third kappa shape index (κ3) is 4.20. The van der Waals surface area contributed by atoms with Crippen LogP contribution in [0.3, 0.4) is 0 Å². The molecule has 0 bridgehead atoms. The Morgan fingerprint density at radius 1 is 0.808 bits per heavy atom. The second-order valence-electron chi connectivity index (χ2n) is 5.30. The van der Waals surface area contributed by atoms with E-state index in [2.05, 4.69) is 15.6 Å². The van der Waals surface area contributed by atoms with E-state index in [0.717, 1.165) is 0 Å². The zero-order valence-electron chi connectivity index (χ0n) is 13.4. The number of amides is 2. The van der Waals surface area contributed by atoms with E-state index < -0.39 is 5.91 Å². The molecule has 26 heavy (non-hydrogen) atoms. The van der Waals surface area contributed by atoms with Crippen LogP contribution < -0.4 is 10.6 Å². The van der Waals surface area contributed by atoms with Gasteiger partial charge in [0.05, 0.1) is 21.3 Å². The number of anilines is 2. The van der Waals surface area contributed by atoms with Gasteiger partial charge >= 0.3 is 0 Å². The number of hydrogen-bond acceptors (Lipinski definition) is 3. The molecule has 0 spiro atoms. The highest BCUT2D eigenvalue weighted by atomic mass is 35.5. The van der Waals surface area contributed by atoms with E-state index in [-0.39, 0.29) is 10.9 Å². The highest BCUT2D eigenvalue weighted by Gasteiger charge is 2.15. The number of hydrogen-bond donors (Lipinski definition) is 2. The first kappa shape index (κ1) is 17.9. The molecule has 3 rings (SSSR count). The zero-order valence-corrected chi connectivity index (χ0v) is 14.9. The molecule has 7 heteroatoms. The molecule has 2 N–H and O–H groups in total. The molecule has 0 saturated heterocycles. The van der Waals surface area contributed by atoms with Crippen molar-refractivity contribution in [3.05, 3.63) is 88.0 Å². The van der Waals surface area contributed by atoms with Crippen molar-refractivity contribution in [1.82, 2.24) is 4.98 Å². The van der Waals surface area contributed by atoms with Crippen LogP contribution in [0.25, 0.3) is 0 Å². The quantitative estimate of drug-likeness (QED) is 0.671. The van der Waals surface area contributed by atoms with Crippen LogP contribution in [0.15, 0.2) is 66.9 Å². The molecule has 0 atom stereocenters. The number of para-hydroxylation sites is 1. The molecule has 1 aromatic heterocycles. The lowest BCUT2D eigenvalue weighted by Crippen LogP contribution is -2.18. The minimum absolute atomic E-state index is 0.278. The molecule has 2 amide bonds. The highest BCUT2D eigenvalue weighted by molar-refractivity contribution is 6.42. The van der Waals surface area contributed by atoms with Crippen molar-refractivity contribution in [2.75, 3.05) is 10.6 Å². The minimum Gasteiger partial charge on any atom is -0.321 e. The molecule has 0 unspecified atom stereocenters. The van der Waals surface area contributed by atoms with Gasteiger partial charge in [0.1, 0.15) is 5.82 Å². The van der Waals surface area contributed by atoms with Gasteiger partial charge in [0, 0.05) is 11.8 Å². The molecule has 0 saturated carbocycles. The Balaban J connectivity index is 1.81. The predicted octanol–water partition coefficient (Wildman–Crippen LogP) is 4.89. The topological polar surface area (TPSA) is 71.1 Å². The first-order valence-corrected chi connectivity index (χ1v) is 8.38. The van der Waals surface area contributed by atoms with E-state index in [9.17, 15) is 9.59 Å². The summed E-state index contributed by atoms with van der Waals surface area (Å²) in [6, 6.07) is 16.4. The molecule has 0 fully saturated rings. The van der Waals surface area contributed by atoms with E-state index in [1.807, 2.05) is 0 Å². The molecule has 2 aromatic carbocycles. The lowest BCUT2D eigenvalue weighted by molar-refractivity contribution is 0.102. The summed E-state index contributed by atoms with van der Waals surface area (Å²) < 4.78 is 0. The summed E-state index contributed by atoms with van der Waals surface area (Å²) in [5.74, 6) is -0.362. The van der Waals surface area contributed by atoms with Crippen LogP contribution in [0.5, 0.6) is 0 Å². The molecular weight excluding hydrogens is 373 g/mol. The molecule has 0 aliphatic rings. The average Bonchev–Trinajstić information content (AvgIpc) is 2.65. The number of halogens is 2. The first-order chi connectivity index (χ1) is 12.5. The van der Waals surface area contributed by atoms with Crippen molar-refractivity contribution in [2.45, 2.75) is 0 Å². The molecule has 130 valence electrons. The van der Waals surface area contributed by atoms with Crippen LogP contribution in [0.4, 0.5) is 11.5 Å². The maximum absolute atomic E-state index is 12.5. The number of aromatic nitrogens is 1. The van der Waals surface area contributed by atoms with Crippen molar-refractivity contribution < 1.29 is 9.59 Å². The normalized spacial score (nSPS) is 10.2. The van der Waals surface area contributed by atoms with E-state index in [4.69, 9.17) is 23.2 Å². The molecule has 3 aromatic rings. The van der Waals surface area contributed by atoms with Crippen LogP contribution in [0, 0.1) is 0 Å². The van der Waals surface area contributed by atoms with Gasteiger partial charge in [0.15, 0.2) is 0 Å². The summed E-state index contributed by atoms with van der Waals surface area (Å²) in [5, 5.41) is 6.04. The van der Waals surface area contributed by atoms with Gasteiger partial charge in [-0.25, -0.2) is 4.98 Å². The summed E-state index contributed by atoms with van der Waals surface area (Å²) in [4.78, 5) is 29.0. The van der Waals surface area contributed by atoms with Crippen LogP contribution in [0.2, 0.25) is 10.0 Å². The number of carbonyl (C=O) groups is 2. The summed E-state index contributed by atoms with van der Waals surface area (Å²) in [7, 11) is 0. The standard InChI is InChI=1S/C19H13Cl2N3O2/c20-14-9-8-12(11-15(14)21)18(25)23-16-6-2-1-5-13(16)19(26)24-17-7-3-4-10-22-17/h1-11H,(H,23,25)(H,22,24,26). The summed E-state index contributed by atoms with van der Waals surface area (Å²) >= 11 is 11.8. The highest BCUT2D eigenvalue weighted by Crippen LogP contribution is 2.24. The van der Waals surface area contributed by atoms with Gasteiger partial charge in [-0.15, -0.1) is 0 Å². The van der Waals surface area contributed by atoms with Gasteiger partial charge in [-0.3, -0.25) is 9.59 Å². The lowest BCUT2D eigenvalue weighted by atomic mass is 10.1. The molecule has 0 aliphatic heterocycles. The van der Waals surface area contributed by atoms with Crippen LogP contribution >= 0.6 is 23.2 Å². The van der Waals surface area contributed by atoms with Crippen molar-refractivity contribution >= 4 is 46.5 Å². The van der Waals surface area contributed by atoms with E-state index >= 15 is 0 Å². The third-order valence-electron chi connectivity index (χ3n) is 3.51. The first-order valence-electron chi connectivity index (χ1n) is 7.62. The van der Waals surface area contributed by atoms with Gasteiger partial charge in [-0.05, 0) is 42.5 Å². The Kier molecular flexibility index (Phi) is 5.51. The van der Waals surface area contributed by atoms with Crippen molar-refractivity contribution in [3.63, 3.8) is 0 Å². The second-order valence-corrected chi connectivity index (χ2v) is 6.11. The smallest absolute Gasteiger partial charge is 0.258 e. The second kappa shape index (κ2) is 7.99. The van der Waals surface area contributed by atoms with Crippen LogP contribution in [-0.2, 0) is 0 Å². The predicted molar refractivity (Wildman–Crippen MR) is 103 cm³/mol. The number of benzene rings is 2. The van der Waals surface area contributed by atoms with E-state index in [1.165, 1.54) is 6.07 Å². The van der Waals surface area contributed by atoms with Crippen LogP contribution in [0.1, 0.15) is 20.7 Å². The Labute approximate surface area is 160 Å². The Morgan fingerprint density at radius 2 is 1.58 bits per heavy atom. The van der Waals surface area contributed by atoms with Crippen molar-refractivity contribution in [2.24, 2.45) is 0 Å². The zero-order chi connectivity index (χ0) is 18.5. The monoisotopic (exact) mass is 385 g/mol.